The summed E-state index contributed by atoms with van der Waals surface area (Å²) < 4.78 is 0. The molecule has 6 aromatic rings. The molecule has 12 heteroatoms. The van der Waals surface area contributed by atoms with E-state index in [0.29, 0.717) is 23.0 Å². The maximum Gasteiger partial charge on any atom is 0.251 e. The molecule has 0 bridgehead atoms. The van der Waals surface area contributed by atoms with E-state index in [2.05, 4.69) is 115 Å². The molecule has 4 aromatic carbocycles. The first-order valence-corrected chi connectivity index (χ1v) is 27.3. The smallest absolute Gasteiger partial charge is 0.251 e. The molecule has 6 heterocycles. The highest BCUT2D eigenvalue weighted by molar-refractivity contribution is 7.10. The van der Waals surface area contributed by atoms with Crippen molar-refractivity contribution in [1.29, 1.82) is 0 Å². The summed E-state index contributed by atoms with van der Waals surface area (Å²) in [6.07, 6.45) is 9.49. The van der Waals surface area contributed by atoms with Gasteiger partial charge < -0.3 is 31.1 Å². The quantitative estimate of drug-likeness (QED) is 0.120. The number of likely N-dealkylation sites (tertiary alicyclic amines) is 2. The number of hydrogen-bond donors (Lipinski definition) is 4. The largest absolute Gasteiger partial charge is 0.377 e. The number of thiophene rings is 2. The number of benzene rings is 4. The van der Waals surface area contributed by atoms with Crippen molar-refractivity contribution in [3.8, 4) is 0 Å². The Morgan fingerprint density at radius 1 is 0.457 bits per heavy atom. The fourth-order valence-corrected chi connectivity index (χ4v) is 14.5. The maximum atomic E-state index is 14.1. The Labute approximate surface area is 419 Å². The van der Waals surface area contributed by atoms with Crippen molar-refractivity contribution >= 4 is 57.7 Å². The van der Waals surface area contributed by atoms with Gasteiger partial charge in [-0.1, -0.05) is 111 Å². The number of hydrogen-bond acceptors (Lipinski definition) is 8. The van der Waals surface area contributed by atoms with Crippen LogP contribution in [-0.4, -0.2) is 58.6 Å². The van der Waals surface area contributed by atoms with E-state index in [1.165, 1.54) is 20.9 Å². The molecular weight excluding hydrogens is 909 g/mol. The third-order valence-corrected chi connectivity index (χ3v) is 18.0. The molecule has 2 aromatic heterocycles. The van der Waals surface area contributed by atoms with E-state index in [0.717, 1.165) is 88.7 Å². The zero-order valence-corrected chi connectivity index (χ0v) is 41.1. The van der Waals surface area contributed by atoms with Gasteiger partial charge in [0.05, 0.1) is 36.0 Å². The predicted octanol–water partition coefficient (Wildman–Crippen LogP) is 11.6. The van der Waals surface area contributed by atoms with Gasteiger partial charge in [0.2, 0.25) is 11.8 Å². The first-order valence-electron chi connectivity index (χ1n) is 25.5. The number of fused-ring (bicyclic) bond motifs is 6. The van der Waals surface area contributed by atoms with E-state index in [1.54, 1.807) is 22.7 Å². The normalized spacial score (nSPS) is 27.4. The average Bonchev–Trinajstić information content (AvgIpc) is 4.28. The Balaban J connectivity index is 0.000000152. The van der Waals surface area contributed by atoms with Gasteiger partial charge in [-0.2, -0.15) is 0 Å². The van der Waals surface area contributed by atoms with Crippen LogP contribution in [-0.2, 0) is 9.59 Å². The molecule has 2 saturated carbocycles. The molecule has 2 aliphatic carbocycles. The second-order valence-electron chi connectivity index (χ2n) is 20.0. The molecule has 10 nitrogen and oxygen atoms in total. The van der Waals surface area contributed by atoms with Crippen LogP contribution in [0.4, 0.5) is 11.4 Å². The van der Waals surface area contributed by atoms with E-state index in [4.69, 9.17) is 0 Å². The van der Waals surface area contributed by atoms with Crippen LogP contribution in [0.5, 0.6) is 0 Å². The fraction of sp³-hybridized carbons (Fsp3) is 0.379. The lowest BCUT2D eigenvalue weighted by atomic mass is 9.80. The van der Waals surface area contributed by atoms with Gasteiger partial charge in [0.25, 0.3) is 11.8 Å². The Kier molecular flexibility index (Phi) is 13.6. The van der Waals surface area contributed by atoms with Crippen molar-refractivity contribution in [3.63, 3.8) is 0 Å². The molecule has 4 N–H and O–H groups in total. The summed E-state index contributed by atoms with van der Waals surface area (Å²) in [5.41, 5.74) is 6.00. The fourth-order valence-electron chi connectivity index (χ4n) is 12.8. The molecule has 4 fully saturated rings. The van der Waals surface area contributed by atoms with Crippen molar-refractivity contribution in [2.24, 2.45) is 23.7 Å². The molecule has 0 radical (unpaired) electrons. The lowest BCUT2D eigenvalue weighted by Gasteiger charge is -2.41. The number of nitrogens with one attached hydrogen (secondary N) is 4. The number of carbonyl (C=O) groups excluding carboxylic acids is 4. The Bertz CT molecular complexity index is 2580. The summed E-state index contributed by atoms with van der Waals surface area (Å²) in [5.74, 6) is 0.588. The van der Waals surface area contributed by atoms with Crippen LogP contribution in [0.2, 0.25) is 0 Å². The zero-order valence-electron chi connectivity index (χ0n) is 39.5. The Morgan fingerprint density at radius 3 is 1.27 bits per heavy atom. The summed E-state index contributed by atoms with van der Waals surface area (Å²) in [5, 5.41) is 18.2. The van der Waals surface area contributed by atoms with Gasteiger partial charge in [-0.15, -0.1) is 22.7 Å². The van der Waals surface area contributed by atoms with Crippen molar-refractivity contribution in [1.82, 2.24) is 20.4 Å². The zero-order chi connectivity index (χ0) is 47.6. The van der Waals surface area contributed by atoms with E-state index in [9.17, 15) is 19.2 Å². The van der Waals surface area contributed by atoms with E-state index in [1.807, 2.05) is 60.7 Å². The van der Waals surface area contributed by atoms with Crippen molar-refractivity contribution in [2.75, 3.05) is 23.7 Å². The van der Waals surface area contributed by atoms with Gasteiger partial charge >= 0.3 is 0 Å². The number of para-hydroxylation sites is 2. The summed E-state index contributed by atoms with van der Waals surface area (Å²) in [7, 11) is 0. The summed E-state index contributed by atoms with van der Waals surface area (Å²) in [6.45, 7) is 1.53. The van der Waals surface area contributed by atoms with Gasteiger partial charge in [0, 0.05) is 69.3 Å². The van der Waals surface area contributed by atoms with E-state index >= 15 is 0 Å². The predicted molar refractivity (Wildman–Crippen MR) is 279 cm³/mol. The lowest BCUT2D eigenvalue weighted by molar-refractivity contribution is -0.139. The number of amides is 4. The molecular formula is C58H62N6O4S2. The van der Waals surface area contributed by atoms with Gasteiger partial charge in [-0.05, 0) is 109 Å². The lowest BCUT2D eigenvalue weighted by Crippen LogP contribution is -2.50. The summed E-state index contributed by atoms with van der Waals surface area (Å²) >= 11 is 3.56. The minimum atomic E-state index is -0.169. The molecule has 2 unspecified atom stereocenters. The monoisotopic (exact) mass is 970 g/mol. The van der Waals surface area contributed by atoms with Gasteiger partial charge in [-0.3, -0.25) is 19.2 Å². The molecule has 10 atom stereocenters. The second-order valence-corrected chi connectivity index (χ2v) is 21.9. The van der Waals surface area contributed by atoms with Crippen LogP contribution in [0.15, 0.2) is 144 Å². The first kappa shape index (κ1) is 46.2. The van der Waals surface area contributed by atoms with Crippen molar-refractivity contribution in [2.45, 2.75) is 100 Å². The maximum absolute atomic E-state index is 14.1. The standard InChI is InChI=1S/2C29H31N3O2S/c2*33-28(19-9-2-1-3-10-19)31-24-14-7-5-12-21(24)29(34)32-17-16-22-26(25-15-8-18-35-25)30-23-13-6-4-11-20(23)27(22)32/h2*1-4,6,8-11,13,15,18,21-22,24,26-27,30H,5,7,12,14,16-17H2,(H,31,33)/t21-,22+,24?,26+,27-;21-,22-,24?,26-,27+/m00/s1. The Hall–Kier alpha value is -6.24. The SMILES string of the molecule is O=C(NC1CCCC[C@@H]1C(=O)N1CC[C@@H]2[C@H](c3cccs3)Nc3ccccc3[C@@H]21)c1ccccc1.O=C(NC1CCCC[C@@H]1C(=O)N1CC[C@H]2[C@@H](c3cccs3)Nc3ccccc3[C@H]21)c1ccccc1. The molecule has 6 aliphatic rings. The Morgan fingerprint density at radius 2 is 0.857 bits per heavy atom. The van der Waals surface area contributed by atoms with Crippen LogP contribution < -0.4 is 21.3 Å². The van der Waals surface area contributed by atoms with Crippen LogP contribution in [0.25, 0.3) is 0 Å². The van der Waals surface area contributed by atoms with Crippen molar-refractivity contribution < 1.29 is 19.2 Å². The number of nitrogens with zero attached hydrogens (tertiary/aromatic N) is 2. The van der Waals surface area contributed by atoms with Crippen molar-refractivity contribution in [3.05, 3.63) is 176 Å². The highest BCUT2D eigenvalue weighted by atomic mass is 32.1. The third kappa shape index (κ3) is 9.16. The minimum absolute atomic E-state index is 0.0689. The third-order valence-electron chi connectivity index (χ3n) is 16.1. The van der Waals surface area contributed by atoms with Gasteiger partial charge in [0.15, 0.2) is 0 Å². The van der Waals surface area contributed by atoms with Crippen LogP contribution >= 0.6 is 22.7 Å². The van der Waals surface area contributed by atoms with Gasteiger partial charge in [-0.25, -0.2) is 0 Å². The van der Waals surface area contributed by atoms with Gasteiger partial charge in [0.1, 0.15) is 0 Å². The average molecular weight is 971 g/mol. The highest BCUT2D eigenvalue weighted by Crippen LogP contribution is 2.54. The molecule has 0 spiro atoms. The molecule has 2 saturated heterocycles. The van der Waals surface area contributed by atoms with Crippen LogP contribution in [0.1, 0.15) is 130 Å². The molecule has 70 heavy (non-hydrogen) atoms. The van der Waals surface area contributed by atoms with E-state index in [-0.39, 0.29) is 71.7 Å². The molecule has 4 aliphatic heterocycles. The van der Waals surface area contributed by atoms with Crippen LogP contribution in [0, 0.1) is 23.7 Å². The summed E-state index contributed by atoms with van der Waals surface area (Å²) in [4.78, 5) is 61.1. The first-order chi connectivity index (χ1) is 34.4. The number of rotatable bonds is 8. The molecule has 4 amide bonds. The van der Waals surface area contributed by atoms with Crippen LogP contribution in [0.3, 0.4) is 0 Å². The second kappa shape index (κ2) is 20.6. The summed E-state index contributed by atoms with van der Waals surface area (Å²) in [6, 6.07) is 44.5. The van der Waals surface area contributed by atoms with E-state index < -0.39 is 0 Å². The minimum Gasteiger partial charge on any atom is -0.377 e. The number of carbonyl (C=O) groups is 4. The topological polar surface area (TPSA) is 123 Å². The highest BCUT2D eigenvalue weighted by Gasteiger charge is 2.50. The molecule has 12 rings (SSSR count). The number of anilines is 2. The molecule has 360 valence electrons.